The van der Waals surface area contributed by atoms with Gasteiger partial charge in [-0.05, 0) is 34.1 Å². The van der Waals surface area contributed by atoms with Gasteiger partial charge in [0.2, 0.25) is 0 Å². The molecule has 0 aliphatic rings. The highest BCUT2D eigenvalue weighted by atomic mass is 79.9. The molecule has 0 saturated carbocycles. The molecule has 88 valence electrons. The van der Waals surface area contributed by atoms with Crippen molar-refractivity contribution in [3.05, 3.63) is 51.2 Å². The van der Waals surface area contributed by atoms with Crippen molar-refractivity contribution < 1.29 is 9.84 Å². The lowest BCUT2D eigenvalue weighted by Gasteiger charge is -2.10. The molecule has 0 fully saturated rings. The summed E-state index contributed by atoms with van der Waals surface area (Å²) in [5.74, 6) is 1.23. The van der Waals surface area contributed by atoms with Crippen LogP contribution in [0.15, 0.2) is 45.6 Å². The van der Waals surface area contributed by atoms with Gasteiger partial charge >= 0.3 is 0 Å². The van der Waals surface area contributed by atoms with Gasteiger partial charge < -0.3 is 9.84 Å². The molecule has 0 atom stereocenters. The predicted molar refractivity (Wildman–Crippen MR) is 72.1 cm³/mol. The lowest BCUT2D eigenvalue weighted by molar-refractivity contribution is 0.276. The summed E-state index contributed by atoms with van der Waals surface area (Å²) in [6, 6.07) is 7.30. The molecule has 0 bridgehead atoms. The summed E-state index contributed by atoms with van der Waals surface area (Å²) in [6.07, 6.45) is 3.30. The highest BCUT2D eigenvalue weighted by Gasteiger charge is 2.05. The maximum Gasteiger partial charge on any atom is 0.146 e. The second-order valence-corrected chi connectivity index (χ2v) is 5.18. The summed E-state index contributed by atoms with van der Waals surface area (Å²) in [5.41, 5.74) is 0.730. The Bertz CT molecular complexity index is 532. The number of halogens is 2. The van der Waals surface area contributed by atoms with E-state index in [4.69, 9.17) is 4.74 Å². The number of aliphatic hydroxyl groups is 1. The molecule has 1 heterocycles. The van der Waals surface area contributed by atoms with Gasteiger partial charge in [0, 0.05) is 20.7 Å². The van der Waals surface area contributed by atoms with Crippen LogP contribution in [0.25, 0.3) is 0 Å². The highest BCUT2D eigenvalue weighted by Crippen LogP contribution is 2.29. The Kier molecular flexibility index (Phi) is 4.15. The van der Waals surface area contributed by atoms with Crippen LogP contribution in [0.1, 0.15) is 5.56 Å². The van der Waals surface area contributed by atoms with E-state index < -0.39 is 0 Å². The number of rotatable bonds is 3. The monoisotopic (exact) mass is 357 g/mol. The van der Waals surface area contributed by atoms with E-state index in [9.17, 15) is 5.11 Å². The Balaban J connectivity index is 2.32. The van der Waals surface area contributed by atoms with Crippen molar-refractivity contribution >= 4 is 31.9 Å². The van der Waals surface area contributed by atoms with Gasteiger partial charge in [-0.1, -0.05) is 22.0 Å². The number of aliphatic hydroxyl groups excluding tert-OH is 1. The van der Waals surface area contributed by atoms with E-state index >= 15 is 0 Å². The normalized spacial score (nSPS) is 10.3. The van der Waals surface area contributed by atoms with Crippen LogP contribution in [0.2, 0.25) is 0 Å². The van der Waals surface area contributed by atoms with Gasteiger partial charge in [0.25, 0.3) is 0 Å². The molecule has 0 unspecified atom stereocenters. The molecule has 1 N–H and O–H groups in total. The van der Waals surface area contributed by atoms with Crippen molar-refractivity contribution in [2.45, 2.75) is 6.61 Å². The minimum absolute atomic E-state index is 0.0654. The van der Waals surface area contributed by atoms with E-state index in [0.29, 0.717) is 11.5 Å². The Morgan fingerprint density at radius 3 is 2.65 bits per heavy atom. The summed E-state index contributed by atoms with van der Waals surface area (Å²) in [7, 11) is 0. The number of aromatic nitrogens is 1. The molecule has 17 heavy (non-hydrogen) atoms. The van der Waals surface area contributed by atoms with Gasteiger partial charge in [-0.25, -0.2) is 0 Å². The van der Waals surface area contributed by atoms with Crippen molar-refractivity contribution in [2.24, 2.45) is 0 Å². The molecule has 2 rings (SSSR count). The van der Waals surface area contributed by atoms with Gasteiger partial charge in [-0.2, -0.15) is 0 Å². The first-order valence-corrected chi connectivity index (χ1v) is 6.45. The minimum Gasteiger partial charge on any atom is -0.455 e. The van der Waals surface area contributed by atoms with E-state index in [1.165, 1.54) is 0 Å². The largest absolute Gasteiger partial charge is 0.455 e. The second kappa shape index (κ2) is 5.62. The molecule has 1 aromatic heterocycles. The summed E-state index contributed by atoms with van der Waals surface area (Å²) < 4.78 is 7.42. The van der Waals surface area contributed by atoms with Gasteiger partial charge in [-0.15, -0.1) is 0 Å². The maximum absolute atomic E-state index is 9.22. The van der Waals surface area contributed by atoms with Crippen LogP contribution < -0.4 is 4.74 Å². The zero-order valence-electron chi connectivity index (χ0n) is 8.73. The fraction of sp³-hybridized carbons (Fsp3) is 0.0833. The molecule has 0 radical (unpaired) electrons. The van der Waals surface area contributed by atoms with Gasteiger partial charge in [0.05, 0.1) is 12.8 Å². The first kappa shape index (κ1) is 12.5. The second-order valence-electron chi connectivity index (χ2n) is 3.35. The van der Waals surface area contributed by atoms with Crippen molar-refractivity contribution in [2.75, 3.05) is 0 Å². The van der Waals surface area contributed by atoms with Gasteiger partial charge in [-0.3, -0.25) is 4.98 Å². The van der Waals surface area contributed by atoms with E-state index in [-0.39, 0.29) is 6.61 Å². The molecular formula is C12H9Br2NO2. The molecule has 0 aliphatic heterocycles. The van der Waals surface area contributed by atoms with Crippen LogP contribution in [0, 0.1) is 0 Å². The summed E-state index contributed by atoms with van der Waals surface area (Å²) in [4.78, 5) is 4.01. The zero-order valence-corrected chi connectivity index (χ0v) is 11.9. The number of ether oxygens (including phenoxy) is 1. The fourth-order valence-electron chi connectivity index (χ4n) is 1.33. The fourth-order valence-corrected chi connectivity index (χ4v) is 2.01. The third-order valence-corrected chi connectivity index (χ3v) is 3.03. The summed E-state index contributed by atoms with van der Waals surface area (Å²) in [6.45, 7) is -0.0654. The number of nitrogens with zero attached hydrogens (tertiary/aromatic N) is 1. The van der Waals surface area contributed by atoms with Gasteiger partial charge in [0.1, 0.15) is 11.5 Å². The van der Waals surface area contributed by atoms with Crippen molar-refractivity contribution in [3.8, 4) is 11.5 Å². The van der Waals surface area contributed by atoms with E-state index in [1.807, 2.05) is 24.3 Å². The molecule has 3 nitrogen and oxygen atoms in total. The van der Waals surface area contributed by atoms with Crippen LogP contribution in [0.3, 0.4) is 0 Å². The van der Waals surface area contributed by atoms with Gasteiger partial charge in [0.15, 0.2) is 0 Å². The summed E-state index contributed by atoms with van der Waals surface area (Å²) in [5, 5.41) is 9.22. The molecule has 0 saturated heterocycles. The van der Waals surface area contributed by atoms with Crippen LogP contribution in [0.4, 0.5) is 0 Å². The average Bonchev–Trinajstić information content (AvgIpc) is 2.29. The first-order chi connectivity index (χ1) is 8.19. The van der Waals surface area contributed by atoms with E-state index in [2.05, 4.69) is 36.8 Å². The minimum atomic E-state index is -0.0654. The number of pyridine rings is 1. The molecule has 1 aromatic carbocycles. The quantitative estimate of drug-likeness (QED) is 0.904. The van der Waals surface area contributed by atoms with Crippen LogP contribution >= 0.6 is 31.9 Å². The lowest BCUT2D eigenvalue weighted by atomic mass is 10.2. The first-order valence-electron chi connectivity index (χ1n) is 4.87. The Morgan fingerprint density at radius 2 is 1.94 bits per heavy atom. The van der Waals surface area contributed by atoms with Crippen LogP contribution in [-0.4, -0.2) is 10.1 Å². The number of hydrogen-bond acceptors (Lipinski definition) is 3. The zero-order chi connectivity index (χ0) is 12.3. The molecule has 0 amide bonds. The van der Waals surface area contributed by atoms with E-state index in [1.54, 1.807) is 12.4 Å². The summed E-state index contributed by atoms with van der Waals surface area (Å²) >= 11 is 6.69. The van der Waals surface area contributed by atoms with E-state index in [0.717, 1.165) is 14.5 Å². The average molecular weight is 359 g/mol. The van der Waals surface area contributed by atoms with Crippen molar-refractivity contribution in [1.29, 1.82) is 0 Å². The molecule has 2 aromatic rings. The number of benzene rings is 1. The van der Waals surface area contributed by atoms with Crippen LogP contribution in [-0.2, 0) is 6.61 Å². The smallest absolute Gasteiger partial charge is 0.146 e. The Morgan fingerprint density at radius 1 is 1.12 bits per heavy atom. The third kappa shape index (κ3) is 3.28. The standard InChI is InChI=1S/C12H9Br2NO2/c13-9-2-1-8(7-16)12(4-9)17-11-3-10(14)5-15-6-11/h1-6,16H,7H2. The van der Waals surface area contributed by atoms with Crippen molar-refractivity contribution in [1.82, 2.24) is 4.98 Å². The predicted octanol–water partition coefficient (Wildman–Crippen LogP) is 3.89. The SMILES string of the molecule is OCc1ccc(Br)cc1Oc1cncc(Br)c1. The maximum atomic E-state index is 9.22. The van der Waals surface area contributed by atoms with Crippen molar-refractivity contribution in [3.63, 3.8) is 0 Å². The molecular weight excluding hydrogens is 350 g/mol. The third-order valence-electron chi connectivity index (χ3n) is 2.11. The molecule has 0 aliphatic carbocycles. The Labute approximate surface area is 116 Å². The lowest BCUT2D eigenvalue weighted by Crippen LogP contribution is -1.92. The molecule has 5 heteroatoms. The Hall–Kier alpha value is -0.910. The molecule has 0 spiro atoms. The topological polar surface area (TPSA) is 42.4 Å². The highest BCUT2D eigenvalue weighted by molar-refractivity contribution is 9.10. The van der Waals surface area contributed by atoms with Crippen LogP contribution in [0.5, 0.6) is 11.5 Å². The number of hydrogen-bond donors (Lipinski definition) is 1.